The predicted molar refractivity (Wildman–Crippen MR) is 84.2 cm³/mol. The second-order valence-corrected chi connectivity index (χ2v) is 5.05. The van der Waals surface area contributed by atoms with Gasteiger partial charge in [0, 0.05) is 43.6 Å². The highest BCUT2D eigenvalue weighted by molar-refractivity contribution is 5.95. The number of halogens is 1. The largest absolute Gasteiger partial charge is 0.333 e. The Morgan fingerprint density at radius 2 is 2.24 bits per heavy atom. The molecule has 1 aliphatic heterocycles. The van der Waals surface area contributed by atoms with Gasteiger partial charge in [0.2, 0.25) is 0 Å². The first-order valence-corrected chi connectivity index (χ1v) is 6.87. The average molecular weight is 307 g/mol. The first-order valence-electron chi connectivity index (χ1n) is 6.87. The average Bonchev–Trinajstić information content (AvgIpc) is 3.01. The number of piperazine rings is 1. The molecular formula is C15H19ClN4O. The fourth-order valence-corrected chi connectivity index (χ4v) is 2.51. The van der Waals surface area contributed by atoms with Crippen LogP contribution in [0.15, 0.2) is 42.7 Å². The number of nitrogens with one attached hydrogen (secondary N) is 1. The molecule has 5 nitrogen and oxygen atoms in total. The monoisotopic (exact) mass is 306 g/mol. The maximum atomic E-state index is 12.6. The minimum absolute atomic E-state index is 0. The van der Waals surface area contributed by atoms with Crippen LogP contribution < -0.4 is 5.32 Å². The van der Waals surface area contributed by atoms with Crippen LogP contribution in [0, 0.1) is 0 Å². The molecule has 1 aromatic carbocycles. The number of carbonyl (C=O) groups is 1. The van der Waals surface area contributed by atoms with Crippen molar-refractivity contribution in [1.29, 1.82) is 0 Å². The predicted octanol–water partition coefficient (Wildman–Crippen LogP) is 1.73. The van der Waals surface area contributed by atoms with Crippen LogP contribution in [0.4, 0.5) is 0 Å². The Morgan fingerprint density at radius 3 is 2.95 bits per heavy atom. The Hall–Kier alpha value is -1.85. The minimum Gasteiger partial charge on any atom is -0.333 e. The lowest BCUT2D eigenvalue weighted by atomic mass is 10.1. The van der Waals surface area contributed by atoms with Crippen molar-refractivity contribution in [2.24, 2.45) is 0 Å². The Morgan fingerprint density at radius 1 is 1.38 bits per heavy atom. The number of amides is 1. The molecule has 3 rings (SSSR count). The van der Waals surface area contributed by atoms with Gasteiger partial charge in [0.05, 0.1) is 5.69 Å². The summed E-state index contributed by atoms with van der Waals surface area (Å²) in [5.41, 5.74) is 1.62. The Labute approximate surface area is 130 Å². The van der Waals surface area contributed by atoms with E-state index in [1.807, 2.05) is 41.4 Å². The van der Waals surface area contributed by atoms with E-state index in [0.717, 1.165) is 25.3 Å². The molecule has 2 aromatic rings. The molecule has 0 radical (unpaired) electrons. The molecule has 112 valence electrons. The summed E-state index contributed by atoms with van der Waals surface area (Å²) in [5.74, 6) is 0.0907. The van der Waals surface area contributed by atoms with Gasteiger partial charge in [-0.05, 0) is 31.2 Å². The minimum atomic E-state index is 0. The first kappa shape index (κ1) is 15.5. The van der Waals surface area contributed by atoms with Crippen molar-refractivity contribution in [3.8, 4) is 5.69 Å². The van der Waals surface area contributed by atoms with Gasteiger partial charge in [0.15, 0.2) is 0 Å². The summed E-state index contributed by atoms with van der Waals surface area (Å²) in [6.45, 7) is 4.53. The van der Waals surface area contributed by atoms with Crippen molar-refractivity contribution in [1.82, 2.24) is 20.0 Å². The van der Waals surface area contributed by atoms with Gasteiger partial charge in [0.25, 0.3) is 5.91 Å². The Bertz CT molecular complexity index is 599. The zero-order chi connectivity index (χ0) is 13.9. The van der Waals surface area contributed by atoms with Gasteiger partial charge < -0.3 is 10.2 Å². The lowest BCUT2D eigenvalue weighted by Gasteiger charge is -2.34. The Balaban J connectivity index is 0.00000161. The normalized spacial score (nSPS) is 18.1. The lowest BCUT2D eigenvalue weighted by molar-refractivity contribution is 0.0655. The summed E-state index contributed by atoms with van der Waals surface area (Å²) in [6.07, 6.45) is 3.60. The molecule has 2 heterocycles. The fraction of sp³-hybridized carbons (Fsp3) is 0.333. The number of nitrogens with zero attached hydrogens (tertiary/aromatic N) is 3. The highest BCUT2D eigenvalue weighted by atomic mass is 35.5. The van der Waals surface area contributed by atoms with Gasteiger partial charge in [-0.3, -0.25) is 4.79 Å². The molecule has 1 aliphatic rings. The summed E-state index contributed by atoms with van der Waals surface area (Å²) in [4.78, 5) is 14.5. The van der Waals surface area contributed by atoms with Crippen molar-refractivity contribution in [3.05, 3.63) is 48.3 Å². The molecule has 1 saturated heterocycles. The molecule has 0 unspecified atom stereocenters. The smallest absolute Gasteiger partial charge is 0.254 e. The van der Waals surface area contributed by atoms with Gasteiger partial charge in [-0.1, -0.05) is 6.07 Å². The van der Waals surface area contributed by atoms with Crippen molar-refractivity contribution in [2.45, 2.75) is 13.0 Å². The number of hydrogen-bond donors (Lipinski definition) is 1. The van der Waals surface area contributed by atoms with E-state index in [0.29, 0.717) is 5.56 Å². The van der Waals surface area contributed by atoms with Crippen LogP contribution in [0.5, 0.6) is 0 Å². The molecule has 1 aromatic heterocycles. The molecule has 6 heteroatoms. The van der Waals surface area contributed by atoms with Crippen LogP contribution in [0.2, 0.25) is 0 Å². The summed E-state index contributed by atoms with van der Waals surface area (Å²) in [6, 6.07) is 9.70. The van der Waals surface area contributed by atoms with E-state index >= 15 is 0 Å². The number of rotatable bonds is 2. The van der Waals surface area contributed by atoms with Crippen LogP contribution in [0.1, 0.15) is 17.3 Å². The van der Waals surface area contributed by atoms with Crippen molar-refractivity contribution in [2.75, 3.05) is 19.6 Å². The third-order valence-corrected chi connectivity index (χ3v) is 3.62. The summed E-state index contributed by atoms with van der Waals surface area (Å²) in [7, 11) is 0. The molecule has 0 saturated carbocycles. The van der Waals surface area contributed by atoms with Gasteiger partial charge in [-0.25, -0.2) is 4.68 Å². The quantitative estimate of drug-likeness (QED) is 0.919. The SMILES string of the molecule is C[C@H]1CNCCN1C(=O)c1cccc(-n2cccn2)c1.Cl. The van der Waals surface area contributed by atoms with Crippen molar-refractivity contribution >= 4 is 18.3 Å². The van der Waals surface area contributed by atoms with Gasteiger partial charge in [-0.15, -0.1) is 12.4 Å². The summed E-state index contributed by atoms with van der Waals surface area (Å²) >= 11 is 0. The number of carbonyl (C=O) groups excluding carboxylic acids is 1. The van der Waals surface area contributed by atoms with Crippen molar-refractivity contribution in [3.63, 3.8) is 0 Å². The third kappa shape index (κ3) is 3.25. The molecular weight excluding hydrogens is 288 g/mol. The van der Waals surface area contributed by atoms with Gasteiger partial charge in [0.1, 0.15) is 0 Å². The number of benzene rings is 1. The highest BCUT2D eigenvalue weighted by Crippen LogP contribution is 2.14. The third-order valence-electron chi connectivity index (χ3n) is 3.62. The molecule has 0 aliphatic carbocycles. The zero-order valence-electron chi connectivity index (χ0n) is 11.9. The molecule has 1 atom stereocenters. The standard InChI is InChI=1S/C15H18N4O.ClH/c1-12-11-16-7-9-18(12)15(20)13-4-2-5-14(10-13)19-8-3-6-17-19;/h2-6,8,10,12,16H,7,9,11H2,1H3;1H/t12-;/m0./s1. The van der Waals surface area contributed by atoms with E-state index in [9.17, 15) is 4.79 Å². The van der Waals surface area contributed by atoms with Crippen LogP contribution in [-0.2, 0) is 0 Å². The molecule has 1 amide bonds. The van der Waals surface area contributed by atoms with Crippen LogP contribution >= 0.6 is 12.4 Å². The van der Waals surface area contributed by atoms with Gasteiger partial charge >= 0.3 is 0 Å². The van der Waals surface area contributed by atoms with E-state index in [1.165, 1.54) is 0 Å². The molecule has 1 N–H and O–H groups in total. The van der Waals surface area contributed by atoms with E-state index in [2.05, 4.69) is 17.3 Å². The molecule has 1 fully saturated rings. The van der Waals surface area contributed by atoms with E-state index in [4.69, 9.17) is 0 Å². The second kappa shape index (κ2) is 6.74. The van der Waals surface area contributed by atoms with Crippen LogP contribution in [0.3, 0.4) is 0 Å². The van der Waals surface area contributed by atoms with E-state index < -0.39 is 0 Å². The van der Waals surface area contributed by atoms with Gasteiger partial charge in [-0.2, -0.15) is 5.10 Å². The van der Waals surface area contributed by atoms with Crippen LogP contribution in [-0.4, -0.2) is 46.3 Å². The highest BCUT2D eigenvalue weighted by Gasteiger charge is 2.24. The van der Waals surface area contributed by atoms with Crippen LogP contribution in [0.25, 0.3) is 5.69 Å². The summed E-state index contributed by atoms with van der Waals surface area (Å²) < 4.78 is 1.76. The number of hydrogen-bond acceptors (Lipinski definition) is 3. The van der Waals surface area contributed by atoms with E-state index in [1.54, 1.807) is 10.9 Å². The van der Waals surface area contributed by atoms with E-state index in [-0.39, 0.29) is 24.4 Å². The molecule has 21 heavy (non-hydrogen) atoms. The molecule has 0 bridgehead atoms. The fourth-order valence-electron chi connectivity index (χ4n) is 2.51. The maximum Gasteiger partial charge on any atom is 0.254 e. The lowest BCUT2D eigenvalue weighted by Crippen LogP contribution is -2.52. The Kier molecular flexibility index (Phi) is 4.98. The first-order chi connectivity index (χ1) is 9.75. The summed E-state index contributed by atoms with van der Waals surface area (Å²) in [5, 5.41) is 7.49. The maximum absolute atomic E-state index is 12.6. The molecule has 0 spiro atoms. The topological polar surface area (TPSA) is 50.2 Å². The second-order valence-electron chi connectivity index (χ2n) is 5.05. The zero-order valence-corrected chi connectivity index (χ0v) is 12.7. The van der Waals surface area contributed by atoms with Crippen molar-refractivity contribution < 1.29 is 4.79 Å². The number of aromatic nitrogens is 2.